The van der Waals surface area contributed by atoms with E-state index in [1.807, 2.05) is 24.4 Å². The fourth-order valence-corrected chi connectivity index (χ4v) is 4.63. The highest BCUT2D eigenvalue weighted by Crippen LogP contribution is 2.42. The monoisotopic (exact) mass is 372 g/mol. The van der Waals surface area contributed by atoms with Crippen LogP contribution in [0, 0.1) is 12.3 Å². The number of nitrogens with zero attached hydrogens (tertiary/aromatic N) is 1. The van der Waals surface area contributed by atoms with Gasteiger partial charge in [-0.15, -0.1) is 11.3 Å². The van der Waals surface area contributed by atoms with Crippen LogP contribution in [0.3, 0.4) is 0 Å². The highest BCUT2D eigenvalue weighted by atomic mass is 32.2. The third kappa shape index (κ3) is 3.41. The van der Waals surface area contributed by atoms with Crippen molar-refractivity contribution in [1.82, 2.24) is 4.98 Å². The molecule has 2 aromatic rings. The van der Waals surface area contributed by atoms with Gasteiger partial charge in [0, 0.05) is 11.6 Å². The number of hydrogen-bond acceptors (Lipinski definition) is 6. The number of methoxy groups -OCH3 is 1. The standard InChI is InChI=1S/C19H20N2O2S2/c1-10(2)13-8-12(11(3)7-14(13)23-4)9-15-17(22)16(18(20)25-15)19-21-5-6-24-19/h5-10,16,20H,1-4H3/b15-9-,20-18?/t16-/m1/s1. The fraction of sp³-hybridized carbons (Fsp3) is 0.316. The second-order valence-electron chi connectivity index (χ2n) is 6.25. The van der Waals surface area contributed by atoms with Gasteiger partial charge in [-0.3, -0.25) is 10.2 Å². The van der Waals surface area contributed by atoms with Gasteiger partial charge in [0.25, 0.3) is 0 Å². The number of Topliss-reactive ketones (excluding diaryl/α,β-unsaturated/α-hetero) is 1. The summed E-state index contributed by atoms with van der Waals surface area (Å²) in [6, 6.07) is 4.09. The van der Waals surface area contributed by atoms with Gasteiger partial charge in [-0.05, 0) is 47.7 Å². The molecule has 0 aliphatic carbocycles. The van der Waals surface area contributed by atoms with Crippen LogP contribution in [0.25, 0.3) is 6.08 Å². The SMILES string of the molecule is COc1cc(C)c(/C=C2\SC(=N)[C@H](c3nccs3)C2=O)cc1C(C)C. The zero-order valence-corrected chi connectivity index (χ0v) is 16.3. The van der Waals surface area contributed by atoms with Crippen LogP contribution >= 0.6 is 23.1 Å². The van der Waals surface area contributed by atoms with Crippen LogP contribution in [-0.2, 0) is 4.79 Å². The molecule has 0 bridgehead atoms. The minimum Gasteiger partial charge on any atom is -0.496 e. The number of ketones is 1. The predicted octanol–water partition coefficient (Wildman–Crippen LogP) is 5.00. The van der Waals surface area contributed by atoms with Gasteiger partial charge < -0.3 is 4.74 Å². The Morgan fingerprint density at radius 3 is 2.72 bits per heavy atom. The summed E-state index contributed by atoms with van der Waals surface area (Å²) in [6.45, 7) is 6.24. The number of thiazole rings is 1. The normalized spacial score (nSPS) is 19.2. The summed E-state index contributed by atoms with van der Waals surface area (Å²) < 4.78 is 5.48. The number of aryl methyl sites for hydroxylation is 1. The summed E-state index contributed by atoms with van der Waals surface area (Å²) in [7, 11) is 1.68. The third-order valence-electron chi connectivity index (χ3n) is 4.21. The zero-order valence-electron chi connectivity index (χ0n) is 14.6. The molecule has 1 saturated heterocycles. The van der Waals surface area contributed by atoms with E-state index in [1.54, 1.807) is 13.3 Å². The van der Waals surface area contributed by atoms with Crippen LogP contribution in [0.5, 0.6) is 5.75 Å². The maximum absolute atomic E-state index is 12.8. The molecule has 25 heavy (non-hydrogen) atoms. The first-order valence-corrected chi connectivity index (χ1v) is 9.72. The molecule has 1 fully saturated rings. The molecule has 0 spiro atoms. The molecule has 1 aromatic carbocycles. The number of thioether (sulfide) groups is 1. The summed E-state index contributed by atoms with van der Waals surface area (Å²) in [6.07, 6.45) is 3.57. The number of ether oxygens (including phenoxy) is 1. The Balaban J connectivity index is 2.00. The summed E-state index contributed by atoms with van der Waals surface area (Å²) in [5.74, 6) is 0.611. The van der Waals surface area contributed by atoms with Gasteiger partial charge in [0.1, 0.15) is 16.7 Å². The lowest BCUT2D eigenvalue weighted by Crippen LogP contribution is -2.11. The first kappa shape index (κ1) is 17.9. The first-order chi connectivity index (χ1) is 11.9. The lowest BCUT2D eigenvalue weighted by atomic mass is 9.95. The Bertz CT molecular complexity index is 855. The van der Waals surface area contributed by atoms with Gasteiger partial charge in [0.2, 0.25) is 0 Å². The molecular weight excluding hydrogens is 352 g/mol. The average Bonchev–Trinajstić information content (AvgIpc) is 3.17. The van der Waals surface area contributed by atoms with Crippen molar-refractivity contribution in [3.8, 4) is 5.75 Å². The number of rotatable bonds is 4. The first-order valence-electron chi connectivity index (χ1n) is 8.02. The van der Waals surface area contributed by atoms with Crippen molar-refractivity contribution in [3.05, 3.63) is 50.3 Å². The molecule has 1 aromatic heterocycles. The Morgan fingerprint density at radius 1 is 1.36 bits per heavy atom. The van der Waals surface area contributed by atoms with Crippen molar-refractivity contribution in [2.45, 2.75) is 32.6 Å². The van der Waals surface area contributed by atoms with Gasteiger partial charge in [0.05, 0.1) is 17.1 Å². The van der Waals surface area contributed by atoms with Gasteiger partial charge in [0.15, 0.2) is 5.78 Å². The van der Waals surface area contributed by atoms with Gasteiger partial charge in [-0.25, -0.2) is 4.98 Å². The van der Waals surface area contributed by atoms with Crippen molar-refractivity contribution in [3.63, 3.8) is 0 Å². The summed E-state index contributed by atoms with van der Waals surface area (Å²) in [5.41, 5.74) is 3.15. The van der Waals surface area contributed by atoms with E-state index in [2.05, 4.69) is 24.9 Å². The lowest BCUT2D eigenvalue weighted by Gasteiger charge is -2.15. The Hall–Kier alpha value is -1.92. The quantitative estimate of drug-likeness (QED) is 0.767. The second kappa shape index (κ2) is 7.14. The molecule has 1 atom stereocenters. The van der Waals surface area contributed by atoms with Crippen molar-refractivity contribution in [2.75, 3.05) is 7.11 Å². The lowest BCUT2D eigenvalue weighted by molar-refractivity contribution is -0.114. The number of nitrogens with one attached hydrogen (secondary N) is 1. The smallest absolute Gasteiger partial charge is 0.186 e. The van der Waals surface area contributed by atoms with Crippen molar-refractivity contribution in [2.24, 2.45) is 0 Å². The number of allylic oxidation sites excluding steroid dienone is 1. The minimum absolute atomic E-state index is 0.0359. The maximum atomic E-state index is 12.8. The van der Waals surface area contributed by atoms with Crippen LogP contribution in [-0.4, -0.2) is 22.9 Å². The minimum atomic E-state index is -0.542. The second-order valence-corrected chi connectivity index (χ2v) is 8.26. The molecule has 0 saturated carbocycles. The predicted molar refractivity (Wildman–Crippen MR) is 105 cm³/mol. The summed E-state index contributed by atoms with van der Waals surface area (Å²) >= 11 is 2.66. The van der Waals surface area contributed by atoms with Gasteiger partial charge >= 0.3 is 0 Å². The molecule has 0 unspecified atom stereocenters. The molecule has 6 heteroatoms. The summed E-state index contributed by atoms with van der Waals surface area (Å²) in [5, 5.41) is 11.1. The van der Waals surface area contributed by atoms with Crippen LogP contribution < -0.4 is 4.74 Å². The third-order valence-corrected chi connectivity index (χ3v) is 6.05. The van der Waals surface area contributed by atoms with Crippen LogP contribution in [0.15, 0.2) is 28.6 Å². The van der Waals surface area contributed by atoms with Crippen molar-refractivity contribution >= 4 is 40.0 Å². The van der Waals surface area contributed by atoms with E-state index in [9.17, 15) is 4.79 Å². The molecule has 4 nitrogen and oxygen atoms in total. The maximum Gasteiger partial charge on any atom is 0.186 e. The number of benzene rings is 1. The Morgan fingerprint density at radius 2 is 2.12 bits per heavy atom. The molecule has 0 amide bonds. The van der Waals surface area contributed by atoms with Gasteiger partial charge in [-0.2, -0.15) is 0 Å². The Labute approximate surface area is 155 Å². The van der Waals surface area contributed by atoms with Crippen molar-refractivity contribution in [1.29, 1.82) is 5.41 Å². The van der Waals surface area contributed by atoms with E-state index >= 15 is 0 Å². The molecule has 1 aliphatic rings. The molecule has 3 rings (SSSR count). The average molecular weight is 373 g/mol. The van der Waals surface area contributed by atoms with E-state index in [0.29, 0.717) is 20.9 Å². The van der Waals surface area contributed by atoms with Gasteiger partial charge in [-0.1, -0.05) is 25.6 Å². The highest BCUT2D eigenvalue weighted by molar-refractivity contribution is 8.19. The van der Waals surface area contributed by atoms with Crippen molar-refractivity contribution < 1.29 is 9.53 Å². The molecule has 0 radical (unpaired) electrons. The van der Waals surface area contributed by atoms with E-state index in [1.165, 1.54) is 23.1 Å². The largest absolute Gasteiger partial charge is 0.496 e. The van der Waals surface area contributed by atoms with E-state index in [4.69, 9.17) is 10.1 Å². The van der Waals surface area contributed by atoms with Crippen LogP contribution in [0.4, 0.5) is 0 Å². The molecule has 1 N–H and O–H groups in total. The van der Waals surface area contributed by atoms with Crippen LogP contribution in [0.2, 0.25) is 0 Å². The topological polar surface area (TPSA) is 63.0 Å². The Kier molecular flexibility index (Phi) is 5.11. The molecule has 1 aliphatic heterocycles. The van der Waals surface area contributed by atoms with E-state index in [0.717, 1.165) is 22.4 Å². The van der Waals surface area contributed by atoms with Crippen LogP contribution in [0.1, 0.15) is 47.4 Å². The van der Waals surface area contributed by atoms with E-state index < -0.39 is 5.92 Å². The number of aromatic nitrogens is 1. The summed E-state index contributed by atoms with van der Waals surface area (Å²) in [4.78, 5) is 17.6. The number of carbonyl (C=O) groups excluding carboxylic acids is 1. The molecular formula is C19H20N2O2S2. The zero-order chi connectivity index (χ0) is 18.1. The number of hydrogen-bond donors (Lipinski definition) is 1. The van der Waals surface area contributed by atoms with E-state index in [-0.39, 0.29) is 5.78 Å². The molecule has 130 valence electrons. The molecule has 2 heterocycles. The highest BCUT2D eigenvalue weighted by Gasteiger charge is 2.38. The number of carbonyl (C=O) groups is 1. The fourth-order valence-electron chi connectivity index (χ4n) is 2.83.